The molecule has 3 rings (SSSR count). The maximum atomic E-state index is 5.86. The second kappa shape index (κ2) is 6.39. The van der Waals surface area contributed by atoms with Gasteiger partial charge in [-0.15, -0.1) is 0 Å². The van der Waals surface area contributed by atoms with E-state index < -0.39 is 0 Å². The van der Waals surface area contributed by atoms with Crippen molar-refractivity contribution < 1.29 is 4.74 Å². The van der Waals surface area contributed by atoms with Crippen molar-refractivity contribution in [3.05, 3.63) is 29.3 Å². The van der Waals surface area contributed by atoms with Gasteiger partial charge < -0.3 is 10.1 Å². The zero-order valence-corrected chi connectivity index (χ0v) is 13.7. The number of rotatable bonds is 6. The van der Waals surface area contributed by atoms with E-state index in [-0.39, 0.29) is 0 Å². The molecule has 2 fully saturated rings. The molecule has 0 aromatic heterocycles. The van der Waals surface area contributed by atoms with E-state index in [1.54, 1.807) is 0 Å². The van der Waals surface area contributed by atoms with Crippen LogP contribution in [0.15, 0.2) is 18.2 Å². The molecule has 0 amide bonds. The molecule has 21 heavy (non-hydrogen) atoms. The molecule has 0 heterocycles. The maximum Gasteiger partial charge on any atom is 0.124 e. The van der Waals surface area contributed by atoms with Gasteiger partial charge in [-0.1, -0.05) is 24.1 Å². The number of nitrogens with one attached hydrogen (secondary N) is 1. The fraction of sp³-hybridized carbons (Fsp3) is 0.684. The van der Waals surface area contributed by atoms with E-state index in [1.807, 2.05) is 0 Å². The summed E-state index contributed by atoms with van der Waals surface area (Å²) in [5, 5.41) is 3.55. The van der Waals surface area contributed by atoms with Crippen molar-refractivity contribution >= 4 is 0 Å². The van der Waals surface area contributed by atoms with Gasteiger partial charge in [0.1, 0.15) is 5.75 Å². The molecule has 0 spiro atoms. The zero-order chi connectivity index (χ0) is 14.8. The monoisotopic (exact) mass is 287 g/mol. The Labute approximate surface area is 129 Å². The number of hydrogen-bond acceptors (Lipinski definition) is 2. The Morgan fingerprint density at radius 3 is 2.76 bits per heavy atom. The van der Waals surface area contributed by atoms with Crippen LogP contribution in [-0.2, 0) is 0 Å². The standard InChI is InChI=1S/C19H29NO/c1-4-21-19-8-5-13(2)9-17(19)18(20-3)12-16-11-14-6-7-15(16)10-14/h5,8-9,14-16,18,20H,4,6-7,10-12H2,1-3H3. The number of fused-ring (bicyclic) bond motifs is 2. The fourth-order valence-electron chi connectivity index (χ4n) is 4.60. The Hall–Kier alpha value is -1.02. The van der Waals surface area contributed by atoms with Gasteiger partial charge in [0.2, 0.25) is 0 Å². The Morgan fingerprint density at radius 1 is 1.29 bits per heavy atom. The van der Waals surface area contributed by atoms with Crippen LogP contribution < -0.4 is 10.1 Å². The van der Waals surface area contributed by atoms with Crippen molar-refractivity contribution in [2.24, 2.45) is 17.8 Å². The summed E-state index contributed by atoms with van der Waals surface area (Å²) < 4.78 is 5.86. The van der Waals surface area contributed by atoms with Crippen molar-refractivity contribution in [1.29, 1.82) is 0 Å². The highest BCUT2D eigenvalue weighted by atomic mass is 16.5. The second-order valence-electron chi connectivity index (χ2n) is 6.99. The molecule has 1 aromatic carbocycles. The topological polar surface area (TPSA) is 21.3 Å². The van der Waals surface area contributed by atoms with E-state index in [2.05, 4.69) is 44.4 Å². The Morgan fingerprint density at radius 2 is 2.14 bits per heavy atom. The van der Waals surface area contributed by atoms with E-state index in [4.69, 9.17) is 4.74 Å². The van der Waals surface area contributed by atoms with Gasteiger partial charge in [-0.05, 0) is 70.4 Å². The molecule has 2 heteroatoms. The molecule has 4 atom stereocenters. The highest BCUT2D eigenvalue weighted by Crippen LogP contribution is 2.51. The third-order valence-corrected chi connectivity index (χ3v) is 5.61. The average Bonchev–Trinajstić information content (AvgIpc) is 3.09. The van der Waals surface area contributed by atoms with Crippen molar-refractivity contribution in [1.82, 2.24) is 5.32 Å². The lowest BCUT2D eigenvalue weighted by molar-refractivity contribution is 0.277. The van der Waals surface area contributed by atoms with Crippen LogP contribution in [0, 0.1) is 24.7 Å². The fourth-order valence-corrected chi connectivity index (χ4v) is 4.60. The van der Waals surface area contributed by atoms with Gasteiger partial charge in [0.15, 0.2) is 0 Å². The summed E-state index contributed by atoms with van der Waals surface area (Å²) in [6.45, 7) is 4.97. The minimum atomic E-state index is 0.427. The Balaban J connectivity index is 1.77. The van der Waals surface area contributed by atoms with E-state index >= 15 is 0 Å². The summed E-state index contributed by atoms with van der Waals surface area (Å²) in [5.74, 6) is 3.99. The first-order chi connectivity index (χ1) is 10.2. The summed E-state index contributed by atoms with van der Waals surface area (Å²) in [4.78, 5) is 0. The summed E-state index contributed by atoms with van der Waals surface area (Å²) >= 11 is 0. The number of ether oxygens (including phenoxy) is 1. The zero-order valence-electron chi connectivity index (χ0n) is 13.7. The van der Waals surface area contributed by atoms with Crippen molar-refractivity contribution in [3.8, 4) is 5.75 Å². The molecule has 1 N–H and O–H groups in total. The molecule has 2 aliphatic rings. The van der Waals surface area contributed by atoms with Crippen LogP contribution in [0.5, 0.6) is 5.75 Å². The van der Waals surface area contributed by atoms with E-state index in [1.165, 1.54) is 43.2 Å². The lowest BCUT2D eigenvalue weighted by Crippen LogP contribution is -2.23. The maximum absolute atomic E-state index is 5.86. The molecule has 0 saturated heterocycles. The third kappa shape index (κ3) is 3.11. The molecule has 2 aliphatic carbocycles. The average molecular weight is 287 g/mol. The number of aryl methyl sites for hydroxylation is 1. The van der Waals surface area contributed by atoms with E-state index in [9.17, 15) is 0 Å². The predicted molar refractivity (Wildman–Crippen MR) is 87.7 cm³/mol. The normalized spacial score (nSPS) is 28.8. The van der Waals surface area contributed by atoms with Crippen LogP contribution in [0.4, 0.5) is 0 Å². The van der Waals surface area contributed by atoms with Crippen LogP contribution in [0.2, 0.25) is 0 Å². The molecule has 2 nitrogen and oxygen atoms in total. The van der Waals surface area contributed by atoms with Crippen molar-refractivity contribution in [2.45, 2.75) is 52.0 Å². The molecule has 4 unspecified atom stereocenters. The van der Waals surface area contributed by atoms with Crippen LogP contribution in [-0.4, -0.2) is 13.7 Å². The van der Waals surface area contributed by atoms with E-state index in [0.717, 1.165) is 30.1 Å². The first kappa shape index (κ1) is 14.9. The summed E-state index contributed by atoms with van der Waals surface area (Å²) in [6.07, 6.45) is 7.17. The van der Waals surface area contributed by atoms with Gasteiger partial charge in [0, 0.05) is 11.6 Å². The lowest BCUT2D eigenvalue weighted by Gasteiger charge is -2.28. The third-order valence-electron chi connectivity index (χ3n) is 5.61. The molecular formula is C19H29NO. The minimum absolute atomic E-state index is 0.427. The molecule has 2 saturated carbocycles. The van der Waals surface area contributed by atoms with E-state index in [0.29, 0.717) is 6.04 Å². The minimum Gasteiger partial charge on any atom is -0.494 e. The van der Waals surface area contributed by atoms with Crippen LogP contribution in [0.3, 0.4) is 0 Å². The second-order valence-corrected chi connectivity index (χ2v) is 6.99. The first-order valence-corrected chi connectivity index (χ1v) is 8.61. The van der Waals surface area contributed by atoms with Gasteiger partial charge in [-0.3, -0.25) is 0 Å². The Kier molecular flexibility index (Phi) is 4.54. The predicted octanol–water partition coefficient (Wildman–Crippen LogP) is 4.48. The molecule has 0 radical (unpaired) electrons. The van der Waals surface area contributed by atoms with Crippen LogP contribution >= 0.6 is 0 Å². The summed E-state index contributed by atoms with van der Waals surface area (Å²) in [5.41, 5.74) is 2.67. The van der Waals surface area contributed by atoms with Gasteiger partial charge >= 0.3 is 0 Å². The molecule has 1 aromatic rings. The van der Waals surface area contributed by atoms with Crippen molar-refractivity contribution in [2.75, 3.05) is 13.7 Å². The summed E-state index contributed by atoms with van der Waals surface area (Å²) in [6, 6.07) is 7.02. The quantitative estimate of drug-likeness (QED) is 0.833. The highest BCUT2D eigenvalue weighted by molar-refractivity contribution is 5.39. The van der Waals surface area contributed by atoms with Gasteiger partial charge in [-0.25, -0.2) is 0 Å². The van der Waals surface area contributed by atoms with Crippen LogP contribution in [0.1, 0.15) is 56.2 Å². The number of hydrogen-bond donors (Lipinski definition) is 1. The van der Waals surface area contributed by atoms with Gasteiger partial charge in [0.25, 0.3) is 0 Å². The smallest absolute Gasteiger partial charge is 0.124 e. The highest BCUT2D eigenvalue weighted by Gasteiger charge is 2.40. The first-order valence-electron chi connectivity index (χ1n) is 8.61. The van der Waals surface area contributed by atoms with Gasteiger partial charge in [-0.2, -0.15) is 0 Å². The van der Waals surface area contributed by atoms with Gasteiger partial charge in [0.05, 0.1) is 6.61 Å². The van der Waals surface area contributed by atoms with Crippen LogP contribution in [0.25, 0.3) is 0 Å². The molecule has 2 bridgehead atoms. The molecular weight excluding hydrogens is 258 g/mol. The largest absolute Gasteiger partial charge is 0.494 e. The Bertz CT molecular complexity index is 484. The number of benzene rings is 1. The van der Waals surface area contributed by atoms with Crippen molar-refractivity contribution in [3.63, 3.8) is 0 Å². The SMILES string of the molecule is CCOc1ccc(C)cc1C(CC1CC2CCC1C2)NC. The molecule has 116 valence electrons. The summed E-state index contributed by atoms with van der Waals surface area (Å²) in [7, 11) is 2.09. The molecule has 0 aliphatic heterocycles. The lowest BCUT2D eigenvalue weighted by atomic mass is 9.82.